The summed E-state index contributed by atoms with van der Waals surface area (Å²) in [6.07, 6.45) is 0. The van der Waals surface area contributed by atoms with Crippen LogP contribution in [0.15, 0.2) is 48.5 Å². The number of methoxy groups -OCH3 is 1. The molecule has 100 valence electrons. The third-order valence-electron chi connectivity index (χ3n) is 3.21. The molecule has 0 amide bonds. The van der Waals surface area contributed by atoms with Crippen molar-refractivity contribution < 1.29 is 9.53 Å². The van der Waals surface area contributed by atoms with Crippen LogP contribution in [0.5, 0.6) is 0 Å². The molecule has 1 aromatic heterocycles. The minimum atomic E-state index is -0.363. The van der Waals surface area contributed by atoms with Crippen molar-refractivity contribution in [2.75, 3.05) is 7.11 Å². The summed E-state index contributed by atoms with van der Waals surface area (Å²) in [5, 5.41) is 1.43. The largest absolute Gasteiger partial charge is 0.465 e. The summed E-state index contributed by atoms with van der Waals surface area (Å²) in [7, 11) is 1.38. The summed E-state index contributed by atoms with van der Waals surface area (Å²) in [5.74, 6) is -0.363. The van der Waals surface area contributed by atoms with Crippen molar-refractivity contribution in [1.82, 2.24) is 4.98 Å². The van der Waals surface area contributed by atoms with Gasteiger partial charge in [-0.15, -0.1) is 0 Å². The smallest absolute Gasteiger partial charge is 0.340 e. The van der Waals surface area contributed by atoms with Crippen molar-refractivity contribution in [3.8, 4) is 11.3 Å². The number of hydrogen-bond donors (Lipinski definition) is 1. The van der Waals surface area contributed by atoms with Crippen LogP contribution in [-0.4, -0.2) is 18.1 Å². The van der Waals surface area contributed by atoms with E-state index in [4.69, 9.17) is 16.3 Å². The number of benzene rings is 2. The number of aromatic amines is 1. The fourth-order valence-corrected chi connectivity index (χ4v) is 2.48. The first kappa shape index (κ1) is 12.8. The number of halogens is 1. The lowest BCUT2D eigenvalue weighted by Gasteiger charge is -2.03. The van der Waals surface area contributed by atoms with E-state index in [1.807, 2.05) is 36.4 Å². The molecule has 2 aromatic carbocycles. The second-order valence-electron chi connectivity index (χ2n) is 4.42. The van der Waals surface area contributed by atoms with E-state index in [1.54, 1.807) is 12.1 Å². The maximum atomic E-state index is 12.1. The zero-order valence-corrected chi connectivity index (χ0v) is 11.6. The molecule has 0 aliphatic rings. The zero-order valence-electron chi connectivity index (χ0n) is 10.8. The Morgan fingerprint density at radius 2 is 1.90 bits per heavy atom. The highest BCUT2D eigenvalue weighted by Gasteiger charge is 2.20. The third kappa shape index (κ3) is 2.06. The third-order valence-corrected chi connectivity index (χ3v) is 3.45. The summed E-state index contributed by atoms with van der Waals surface area (Å²) >= 11 is 6.00. The van der Waals surface area contributed by atoms with Gasteiger partial charge in [-0.05, 0) is 17.7 Å². The minimum absolute atomic E-state index is 0.363. The first-order chi connectivity index (χ1) is 9.70. The van der Waals surface area contributed by atoms with Gasteiger partial charge in [0.05, 0.1) is 18.4 Å². The number of fused-ring (bicyclic) bond motifs is 1. The topological polar surface area (TPSA) is 42.1 Å². The van der Waals surface area contributed by atoms with Crippen LogP contribution in [0.25, 0.3) is 22.2 Å². The maximum absolute atomic E-state index is 12.1. The lowest BCUT2D eigenvalue weighted by molar-refractivity contribution is 0.0604. The molecule has 0 radical (unpaired) electrons. The Bertz CT molecular complexity index is 778. The fourth-order valence-electron chi connectivity index (χ4n) is 2.31. The summed E-state index contributed by atoms with van der Waals surface area (Å²) in [6, 6.07) is 15.1. The van der Waals surface area contributed by atoms with Crippen LogP contribution in [0.2, 0.25) is 5.02 Å². The quantitative estimate of drug-likeness (QED) is 0.714. The lowest BCUT2D eigenvalue weighted by atomic mass is 10.1. The molecule has 0 aliphatic carbocycles. The predicted molar refractivity (Wildman–Crippen MR) is 80.1 cm³/mol. The van der Waals surface area contributed by atoms with Crippen LogP contribution in [0.1, 0.15) is 10.4 Å². The molecule has 3 rings (SSSR count). The van der Waals surface area contributed by atoms with Crippen LogP contribution < -0.4 is 0 Å². The van der Waals surface area contributed by atoms with Gasteiger partial charge >= 0.3 is 5.97 Å². The van der Waals surface area contributed by atoms with Crippen LogP contribution in [0, 0.1) is 0 Å². The molecule has 1 N–H and O–H groups in total. The molecule has 0 fully saturated rings. The Balaban J connectivity index is 2.33. The number of ether oxygens (including phenoxy) is 1. The normalized spacial score (nSPS) is 10.7. The second kappa shape index (κ2) is 5.02. The van der Waals surface area contributed by atoms with E-state index in [0.29, 0.717) is 10.6 Å². The number of esters is 1. The zero-order chi connectivity index (χ0) is 14.1. The van der Waals surface area contributed by atoms with Crippen LogP contribution in [-0.2, 0) is 4.74 Å². The molecule has 0 unspecified atom stereocenters. The average Bonchev–Trinajstić information content (AvgIpc) is 2.85. The van der Waals surface area contributed by atoms with Crippen molar-refractivity contribution in [3.63, 3.8) is 0 Å². The standard InChI is InChI=1S/C16H12ClNO2/c1-20-16(19)14-12-8-7-11(17)9-13(12)18-15(14)10-5-3-2-4-6-10/h2-9,18H,1H3. The number of nitrogens with one attached hydrogen (secondary N) is 1. The number of aromatic nitrogens is 1. The van der Waals surface area contributed by atoms with Gasteiger partial charge in [-0.2, -0.15) is 0 Å². The first-order valence-electron chi connectivity index (χ1n) is 6.15. The van der Waals surface area contributed by atoms with Gasteiger partial charge in [0.1, 0.15) is 0 Å². The average molecular weight is 286 g/mol. The highest BCUT2D eigenvalue weighted by molar-refractivity contribution is 6.31. The van der Waals surface area contributed by atoms with Gasteiger partial charge in [0, 0.05) is 15.9 Å². The van der Waals surface area contributed by atoms with E-state index in [0.717, 1.165) is 22.2 Å². The van der Waals surface area contributed by atoms with Crippen molar-refractivity contribution in [3.05, 3.63) is 59.1 Å². The minimum Gasteiger partial charge on any atom is -0.465 e. The molecule has 20 heavy (non-hydrogen) atoms. The Hall–Kier alpha value is -2.26. The molecule has 0 saturated carbocycles. The maximum Gasteiger partial charge on any atom is 0.340 e. The van der Waals surface area contributed by atoms with Gasteiger partial charge in [0.2, 0.25) is 0 Å². The van der Waals surface area contributed by atoms with Gasteiger partial charge in [-0.1, -0.05) is 48.0 Å². The Labute approximate surface area is 121 Å². The van der Waals surface area contributed by atoms with Crippen LogP contribution in [0.4, 0.5) is 0 Å². The number of hydrogen-bond acceptors (Lipinski definition) is 2. The molecule has 1 heterocycles. The van der Waals surface area contributed by atoms with Gasteiger partial charge < -0.3 is 9.72 Å². The Morgan fingerprint density at radius 3 is 2.60 bits per heavy atom. The van der Waals surface area contributed by atoms with E-state index in [9.17, 15) is 4.79 Å². The summed E-state index contributed by atoms with van der Waals surface area (Å²) in [6.45, 7) is 0. The fraction of sp³-hybridized carbons (Fsp3) is 0.0625. The van der Waals surface area contributed by atoms with E-state index in [2.05, 4.69) is 4.98 Å². The van der Waals surface area contributed by atoms with Crippen molar-refractivity contribution >= 4 is 28.5 Å². The van der Waals surface area contributed by atoms with E-state index in [1.165, 1.54) is 7.11 Å². The van der Waals surface area contributed by atoms with E-state index < -0.39 is 0 Å². The molecule has 3 aromatic rings. The molecule has 3 nitrogen and oxygen atoms in total. The molecule has 0 bridgehead atoms. The molecule has 4 heteroatoms. The highest BCUT2D eigenvalue weighted by atomic mass is 35.5. The predicted octanol–water partition coefficient (Wildman–Crippen LogP) is 4.27. The SMILES string of the molecule is COC(=O)c1c(-c2ccccc2)[nH]c2cc(Cl)ccc12. The number of rotatable bonds is 2. The summed E-state index contributed by atoms with van der Waals surface area (Å²) in [5.41, 5.74) is 3.03. The summed E-state index contributed by atoms with van der Waals surface area (Å²) < 4.78 is 4.90. The monoisotopic (exact) mass is 285 g/mol. The van der Waals surface area contributed by atoms with Gasteiger partial charge in [0.15, 0.2) is 0 Å². The van der Waals surface area contributed by atoms with Crippen LogP contribution >= 0.6 is 11.6 Å². The number of carbonyl (C=O) groups excluding carboxylic acids is 1. The van der Waals surface area contributed by atoms with Crippen molar-refractivity contribution in [1.29, 1.82) is 0 Å². The lowest BCUT2D eigenvalue weighted by Crippen LogP contribution is -2.02. The van der Waals surface area contributed by atoms with Gasteiger partial charge in [-0.25, -0.2) is 4.79 Å². The second-order valence-corrected chi connectivity index (χ2v) is 4.86. The van der Waals surface area contributed by atoms with E-state index in [-0.39, 0.29) is 5.97 Å². The van der Waals surface area contributed by atoms with Gasteiger partial charge in [-0.3, -0.25) is 0 Å². The molecular formula is C16H12ClNO2. The number of H-pyrrole nitrogens is 1. The molecule has 0 spiro atoms. The van der Waals surface area contributed by atoms with Crippen molar-refractivity contribution in [2.24, 2.45) is 0 Å². The number of carbonyl (C=O) groups is 1. The Kier molecular flexibility index (Phi) is 3.20. The molecule has 0 atom stereocenters. The molecule has 0 aliphatic heterocycles. The van der Waals surface area contributed by atoms with Crippen LogP contribution in [0.3, 0.4) is 0 Å². The van der Waals surface area contributed by atoms with Crippen molar-refractivity contribution in [2.45, 2.75) is 0 Å². The molecule has 0 saturated heterocycles. The highest BCUT2D eigenvalue weighted by Crippen LogP contribution is 2.32. The van der Waals surface area contributed by atoms with Gasteiger partial charge in [0.25, 0.3) is 0 Å². The Morgan fingerprint density at radius 1 is 1.15 bits per heavy atom. The summed E-state index contributed by atoms with van der Waals surface area (Å²) in [4.78, 5) is 15.3. The van der Waals surface area contributed by atoms with E-state index >= 15 is 0 Å². The first-order valence-corrected chi connectivity index (χ1v) is 6.53. The molecular weight excluding hydrogens is 274 g/mol.